The zero-order valence-corrected chi connectivity index (χ0v) is 21.3. The van der Waals surface area contributed by atoms with Crippen molar-refractivity contribution in [2.24, 2.45) is 0 Å². The molecular formula is C24H20F2N4O4Zn. The monoisotopic (exact) mass is 530 g/mol. The van der Waals surface area contributed by atoms with Crippen LogP contribution in [0.1, 0.15) is 20.7 Å². The summed E-state index contributed by atoms with van der Waals surface area (Å²) in [5.41, 5.74) is 9.69. The maximum atomic E-state index is 12.4. The number of aromatic nitrogens is 2. The molecule has 4 rings (SSSR count). The SMILES string of the molecule is Nc1ccccn1.Nc1ccccn1.O=C([O-])c1ccccc1F.O=C([O-])c1ccccc1F.[Zn+2]. The zero-order valence-electron chi connectivity index (χ0n) is 18.4. The number of carboxylic acids is 2. The molecule has 0 aliphatic rings. The molecule has 0 spiro atoms. The standard InChI is InChI=1S/2C7H5FO2.2C5H6N2.Zn/c2*8-6-4-2-1-3-5(6)7(9)10;2*6-5-3-1-2-4-7-5;/h2*1-4H,(H,9,10);2*1-4H,(H2,6,7);/q;;;;+2/p-2. The van der Waals surface area contributed by atoms with E-state index in [0.717, 1.165) is 24.3 Å². The first-order valence-electron chi connectivity index (χ1n) is 9.47. The van der Waals surface area contributed by atoms with E-state index >= 15 is 0 Å². The van der Waals surface area contributed by atoms with Crippen LogP contribution in [0.25, 0.3) is 0 Å². The number of benzene rings is 2. The molecule has 8 nitrogen and oxygen atoms in total. The minimum atomic E-state index is -1.49. The summed E-state index contributed by atoms with van der Waals surface area (Å²) in [6.07, 6.45) is 3.32. The maximum Gasteiger partial charge on any atom is 2.00 e. The molecular weight excluding hydrogens is 512 g/mol. The van der Waals surface area contributed by atoms with Gasteiger partial charge in [-0.25, -0.2) is 18.7 Å². The molecule has 0 unspecified atom stereocenters. The molecule has 0 atom stereocenters. The molecule has 2 aromatic carbocycles. The molecule has 2 aromatic heterocycles. The van der Waals surface area contributed by atoms with Gasteiger partial charge in [0.2, 0.25) is 0 Å². The van der Waals surface area contributed by atoms with Gasteiger partial charge in [-0.2, -0.15) is 0 Å². The van der Waals surface area contributed by atoms with Gasteiger partial charge in [-0.15, -0.1) is 0 Å². The molecule has 0 radical (unpaired) electrons. The number of pyridine rings is 2. The number of carbonyl (C=O) groups is 2. The molecule has 0 bridgehead atoms. The fraction of sp³-hybridized carbons (Fsp3) is 0. The number of nitrogen functional groups attached to an aromatic ring is 2. The molecule has 0 saturated heterocycles. The largest absolute Gasteiger partial charge is 2.00 e. The van der Waals surface area contributed by atoms with Crippen LogP contribution in [0.3, 0.4) is 0 Å². The predicted molar refractivity (Wildman–Crippen MR) is 119 cm³/mol. The molecule has 0 amide bonds. The van der Waals surface area contributed by atoms with Crippen molar-refractivity contribution in [1.29, 1.82) is 0 Å². The number of nitrogens with zero attached hydrogens (tertiary/aromatic N) is 2. The van der Waals surface area contributed by atoms with Gasteiger partial charge in [0, 0.05) is 23.5 Å². The first-order valence-corrected chi connectivity index (χ1v) is 9.47. The first kappa shape index (κ1) is 30.8. The number of carboxylic acid groups (broad SMARTS) is 2. The van der Waals surface area contributed by atoms with Crippen LogP contribution in [0.2, 0.25) is 0 Å². The summed E-state index contributed by atoms with van der Waals surface area (Å²) >= 11 is 0. The number of rotatable bonds is 2. The third-order valence-electron chi connectivity index (χ3n) is 3.56. The van der Waals surface area contributed by atoms with Gasteiger partial charge < -0.3 is 31.3 Å². The van der Waals surface area contributed by atoms with E-state index in [4.69, 9.17) is 11.5 Å². The molecule has 176 valence electrons. The predicted octanol–water partition coefficient (Wildman–Crippen LogP) is 1.70. The van der Waals surface area contributed by atoms with E-state index in [1.807, 2.05) is 24.3 Å². The van der Waals surface area contributed by atoms with Crippen molar-refractivity contribution in [2.45, 2.75) is 0 Å². The first-order chi connectivity index (χ1) is 16.2. The molecule has 35 heavy (non-hydrogen) atoms. The average molecular weight is 532 g/mol. The van der Waals surface area contributed by atoms with Gasteiger partial charge >= 0.3 is 19.5 Å². The average Bonchev–Trinajstić information content (AvgIpc) is 2.82. The van der Waals surface area contributed by atoms with Crippen LogP contribution in [0.15, 0.2) is 97.3 Å². The van der Waals surface area contributed by atoms with Crippen molar-refractivity contribution in [2.75, 3.05) is 11.5 Å². The number of aromatic carboxylic acids is 2. The molecule has 0 fully saturated rings. The minimum Gasteiger partial charge on any atom is -0.545 e. The Labute approximate surface area is 213 Å². The topological polar surface area (TPSA) is 158 Å². The summed E-state index contributed by atoms with van der Waals surface area (Å²) < 4.78 is 24.8. The van der Waals surface area contributed by atoms with Gasteiger partial charge in [-0.3, -0.25) is 0 Å². The summed E-state index contributed by atoms with van der Waals surface area (Å²) in [4.78, 5) is 27.7. The molecule has 11 heteroatoms. The summed E-state index contributed by atoms with van der Waals surface area (Å²) in [5, 5.41) is 20.1. The Kier molecular flexibility index (Phi) is 15.2. The summed E-state index contributed by atoms with van der Waals surface area (Å²) in [5.74, 6) is -3.36. The molecule has 0 aliphatic carbocycles. The fourth-order valence-corrected chi connectivity index (χ4v) is 2.01. The van der Waals surface area contributed by atoms with E-state index in [0.29, 0.717) is 11.6 Å². The van der Waals surface area contributed by atoms with Crippen LogP contribution in [0, 0.1) is 11.6 Å². The van der Waals surface area contributed by atoms with Crippen LogP contribution in [-0.2, 0) is 19.5 Å². The van der Waals surface area contributed by atoms with Gasteiger partial charge in [-0.1, -0.05) is 48.5 Å². The van der Waals surface area contributed by atoms with Crippen molar-refractivity contribution in [1.82, 2.24) is 9.97 Å². The second-order valence-corrected chi connectivity index (χ2v) is 6.04. The number of anilines is 2. The summed E-state index contributed by atoms with van der Waals surface area (Å²) in [7, 11) is 0. The summed E-state index contributed by atoms with van der Waals surface area (Å²) in [6, 6.07) is 21.0. The third kappa shape index (κ3) is 13.2. The van der Waals surface area contributed by atoms with Crippen LogP contribution < -0.4 is 21.7 Å². The number of hydrogen-bond donors (Lipinski definition) is 2. The number of hydrogen-bond acceptors (Lipinski definition) is 8. The third-order valence-corrected chi connectivity index (χ3v) is 3.56. The van der Waals surface area contributed by atoms with Gasteiger partial charge in [0.05, 0.1) is 11.9 Å². The van der Waals surface area contributed by atoms with E-state index in [2.05, 4.69) is 9.97 Å². The Morgan fingerprint density at radius 2 is 0.914 bits per heavy atom. The zero-order chi connectivity index (χ0) is 25.3. The van der Waals surface area contributed by atoms with Gasteiger partial charge in [-0.05, 0) is 36.4 Å². The van der Waals surface area contributed by atoms with Crippen LogP contribution in [0.5, 0.6) is 0 Å². The van der Waals surface area contributed by atoms with E-state index < -0.39 is 34.7 Å². The smallest absolute Gasteiger partial charge is 0.545 e. The maximum absolute atomic E-state index is 12.4. The molecule has 4 aromatic rings. The van der Waals surface area contributed by atoms with Crippen molar-refractivity contribution < 1.29 is 48.1 Å². The number of carbonyl (C=O) groups excluding carboxylic acids is 2. The van der Waals surface area contributed by atoms with Crippen molar-refractivity contribution in [3.8, 4) is 0 Å². The fourth-order valence-electron chi connectivity index (χ4n) is 2.01. The molecule has 4 N–H and O–H groups in total. The van der Waals surface area contributed by atoms with E-state index in [1.54, 1.807) is 24.5 Å². The minimum absolute atomic E-state index is 0. The Hall–Kier alpha value is -4.24. The second-order valence-electron chi connectivity index (χ2n) is 6.04. The Bertz CT molecular complexity index is 1080. The van der Waals surface area contributed by atoms with E-state index in [1.165, 1.54) is 24.3 Å². The molecule has 0 aliphatic heterocycles. The second kappa shape index (κ2) is 17.3. The number of halogens is 2. The van der Waals surface area contributed by atoms with Crippen LogP contribution >= 0.6 is 0 Å². The van der Waals surface area contributed by atoms with Gasteiger partial charge in [0.1, 0.15) is 23.3 Å². The van der Waals surface area contributed by atoms with E-state index in [-0.39, 0.29) is 19.5 Å². The van der Waals surface area contributed by atoms with E-state index in [9.17, 15) is 28.6 Å². The molecule has 0 saturated carbocycles. The van der Waals surface area contributed by atoms with Crippen molar-refractivity contribution in [3.05, 3.63) is 120 Å². The Balaban J connectivity index is 0.000000442. The van der Waals surface area contributed by atoms with Gasteiger partial charge in [0.25, 0.3) is 0 Å². The Morgan fingerprint density at radius 3 is 1.09 bits per heavy atom. The number of nitrogens with two attached hydrogens (primary N) is 2. The quantitative estimate of drug-likeness (QED) is 0.370. The van der Waals surface area contributed by atoms with Gasteiger partial charge in [0.15, 0.2) is 0 Å². The summed E-state index contributed by atoms with van der Waals surface area (Å²) in [6.45, 7) is 0. The molecule has 2 heterocycles. The van der Waals surface area contributed by atoms with Crippen LogP contribution in [-0.4, -0.2) is 21.9 Å². The Morgan fingerprint density at radius 1 is 0.600 bits per heavy atom. The van der Waals surface area contributed by atoms with Crippen LogP contribution in [0.4, 0.5) is 20.4 Å². The van der Waals surface area contributed by atoms with Crippen molar-refractivity contribution >= 4 is 23.6 Å². The normalized spacial score (nSPS) is 8.74. The van der Waals surface area contributed by atoms with Crippen molar-refractivity contribution in [3.63, 3.8) is 0 Å².